The van der Waals surface area contributed by atoms with Crippen LogP contribution in [0.3, 0.4) is 0 Å². The highest BCUT2D eigenvalue weighted by Gasteiger charge is 2.12. The summed E-state index contributed by atoms with van der Waals surface area (Å²) in [6.45, 7) is 3.64. The number of benzene rings is 3. The maximum atomic E-state index is 12.5. The Morgan fingerprint density at radius 1 is 0.967 bits per heavy atom. The molecule has 3 aromatic rings. The van der Waals surface area contributed by atoms with Crippen molar-refractivity contribution >= 4 is 28.9 Å². The Hall–Kier alpha value is -3.02. The topological polar surface area (TPSA) is 50.8 Å². The number of rotatable bonds is 6. The third-order valence-electron chi connectivity index (χ3n) is 4.97. The Kier molecular flexibility index (Phi) is 6.52. The number of anilines is 2. The molecule has 1 aliphatic heterocycles. The number of carbonyl (C=O) groups excluding carboxylic acids is 1. The van der Waals surface area contributed by atoms with Crippen LogP contribution in [0, 0.1) is 0 Å². The monoisotopic (exact) mass is 422 g/mol. The Bertz CT molecular complexity index is 984. The van der Waals surface area contributed by atoms with Gasteiger partial charge in [-0.05, 0) is 54.6 Å². The molecule has 154 valence electrons. The summed E-state index contributed by atoms with van der Waals surface area (Å²) >= 11 is 6.15. The summed E-state index contributed by atoms with van der Waals surface area (Å²) in [5, 5.41) is 3.61. The second kappa shape index (κ2) is 9.65. The van der Waals surface area contributed by atoms with Crippen LogP contribution in [0.15, 0.2) is 72.8 Å². The Labute approximate surface area is 181 Å². The summed E-state index contributed by atoms with van der Waals surface area (Å²) in [4.78, 5) is 14.8. The van der Waals surface area contributed by atoms with Crippen LogP contribution in [0.5, 0.6) is 5.75 Å². The zero-order valence-corrected chi connectivity index (χ0v) is 17.3. The van der Waals surface area contributed by atoms with Crippen molar-refractivity contribution in [1.29, 1.82) is 0 Å². The van der Waals surface area contributed by atoms with Crippen LogP contribution >= 0.6 is 11.6 Å². The van der Waals surface area contributed by atoms with Gasteiger partial charge in [0.2, 0.25) is 0 Å². The predicted molar refractivity (Wildman–Crippen MR) is 120 cm³/mol. The van der Waals surface area contributed by atoms with E-state index in [0.29, 0.717) is 22.9 Å². The van der Waals surface area contributed by atoms with E-state index in [-0.39, 0.29) is 5.91 Å². The van der Waals surface area contributed by atoms with Crippen LogP contribution in [0.4, 0.5) is 11.4 Å². The van der Waals surface area contributed by atoms with E-state index in [9.17, 15) is 4.79 Å². The van der Waals surface area contributed by atoms with E-state index in [2.05, 4.69) is 10.2 Å². The fraction of sp³-hybridized carbons (Fsp3) is 0.208. The van der Waals surface area contributed by atoms with Crippen LogP contribution in [0.1, 0.15) is 15.9 Å². The van der Waals surface area contributed by atoms with Gasteiger partial charge in [0, 0.05) is 40.6 Å². The lowest BCUT2D eigenvalue weighted by Crippen LogP contribution is -2.36. The molecule has 0 aromatic heterocycles. The molecule has 3 aromatic carbocycles. The molecule has 1 aliphatic rings. The molecule has 0 aliphatic carbocycles. The first-order chi connectivity index (χ1) is 14.7. The van der Waals surface area contributed by atoms with Crippen molar-refractivity contribution in [2.75, 3.05) is 36.5 Å². The number of halogens is 1. The quantitative estimate of drug-likeness (QED) is 0.606. The van der Waals surface area contributed by atoms with Crippen molar-refractivity contribution in [1.82, 2.24) is 0 Å². The zero-order chi connectivity index (χ0) is 20.8. The summed E-state index contributed by atoms with van der Waals surface area (Å²) in [6.07, 6.45) is 0. The Morgan fingerprint density at radius 3 is 2.37 bits per heavy atom. The first kappa shape index (κ1) is 20.3. The Morgan fingerprint density at radius 2 is 1.67 bits per heavy atom. The van der Waals surface area contributed by atoms with Crippen LogP contribution in [-0.2, 0) is 11.3 Å². The van der Waals surface area contributed by atoms with Crippen molar-refractivity contribution in [3.63, 3.8) is 0 Å². The van der Waals surface area contributed by atoms with Gasteiger partial charge in [-0.25, -0.2) is 0 Å². The molecule has 0 bridgehead atoms. The highest BCUT2D eigenvalue weighted by atomic mass is 35.5. The molecular weight excluding hydrogens is 400 g/mol. The highest BCUT2D eigenvalue weighted by molar-refractivity contribution is 6.31. The van der Waals surface area contributed by atoms with Crippen LogP contribution in [0.2, 0.25) is 5.02 Å². The lowest BCUT2D eigenvalue weighted by molar-refractivity contribution is 0.102. The number of nitrogens with zero attached hydrogens (tertiary/aromatic N) is 1. The molecule has 5 nitrogen and oxygen atoms in total. The van der Waals surface area contributed by atoms with Crippen molar-refractivity contribution in [3.05, 3.63) is 88.9 Å². The van der Waals surface area contributed by atoms with Gasteiger partial charge in [0.25, 0.3) is 5.91 Å². The normalized spacial score (nSPS) is 13.7. The average molecular weight is 423 g/mol. The molecule has 1 heterocycles. The molecule has 1 saturated heterocycles. The van der Waals surface area contributed by atoms with Gasteiger partial charge < -0.3 is 19.7 Å². The van der Waals surface area contributed by atoms with E-state index in [1.807, 2.05) is 48.5 Å². The molecule has 0 radical (unpaired) electrons. The largest absolute Gasteiger partial charge is 0.489 e. The van der Waals surface area contributed by atoms with E-state index >= 15 is 0 Å². The standard InChI is InChI=1S/C24H23ClN2O3/c25-23-4-2-1-3-19(23)17-30-22-11-5-18(6-12-22)24(28)26-20-7-9-21(10-8-20)27-13-15-29-16-14-27/h1-12H,13-17H2,(H,26,28). The first-order valence-electron chi connectivity index (χ1n) is 9.89. The van der Waals surface area contributed by atoms with E-state index in [4.69, 9.17) is 21.1 Å². The van der Waals surface area contributed by atoms with Gasteiger partial charge in [-0.2, -0.15) is 0 Å². The highest BCUT2D eigenvalue weighted by Crippen LogP contribution is 2.21. The SMILES string of the molecule is O=C(Nc1ccc(N2CCOCC2)cc1)c1ccc(OCc2ccccc2Cl)cc1. The van der Waals surface area contributed by atoms with Crippen LogP contribution in [-0.4, -0.2) is 32.2 Å². The number of hydrogen-bond donors (Lipinski definition) is 1. The molecular formula is C24H23ClN2O3. The van der Waals surface area contributed by atoms with Crippen LogP contribution in [0.25, 0.3) is 0 Å². The van der Waals surface area contributed by atoms with Crippen molar-refractivity contribution in [2.45, 2.75) is 6.61 Å². The molecule has 1 N–H and O–H groups in total. The fourth-order valence-corrected chi connectivity index (χ4v) is 3.45. The third-order valence-corrected chi connectivity index (χ3v) is 5.34. The fourth-order valence-electron chi connectivity index (χ4n) is 3.26. The molecule has 30 heavy (non-hydrogen) atoms. The summed E-state index contributed by atoms with van der Waals surface area (Å²) in [5.41, 5.74) is 3.38. The summed E-state index contributed by atoms with van der Waals surface area (Å²) < 4.78 is 11.2. The number of nitrogens with one attached hydrogen (secondary N) is 1. The van der Waals surface area contributed by atoms with E-state index in [1.54, 1.807) is 24.3 Å². The van der Waals surface area contributed by atoms with Crippen molar-refractivity contribution in [3.8, 4) is 5.75 Å². The van der Waals surface area contributed by atoms with Gasteiger partial charge in [0.1, 0.15) is 12.4 Å². The van der Waals surface area contributed by atoms with Crippen molar-refractivity contribution < 1.29 is 14.3 Å². The second-order valence-electron chi connectivity index (χ2n) is 7.00. The van der Waals surface area contributed by atoms with Gasteiger partial charge in [-0.3, -0.25) is 4.79 Å². The van der Waals surface area contributed by atoms with E-state index < -0.39 is 0 Å². The lowest BCUT2D eigenvalue weighted by atomic mass is 10.2. The molecule has 1 amide bonds. The van der Waals surface area contributed by atoms with Gasteiger partial charge in [-0.15, -0.1) is 0 Å². The molecule has 0 spiro atoms. The number of carbonyl (C=O) groups is 1. The lowest BCUT2D eigenvalue weighted by Gasteiger charge is -2.28. The van der Waals surface area contributed by atoms with Crippen LogP contribution < -0.4 is 15.0 Å². The smallest absolute Gasteiger partial charge is 0.255 e. The van der Waals surface area contributed by atoms with E-state index in [1.165, 1.54) is 0 Å². The summed E-state index contributed by atoms with van der Waals surface area (Å²) in [7, 11) is 0. The minimum Gasteiger partial charge on any atom is -0.489 e. The zero-order valence-electron chi connectivity index (χ0n) is 16.5. The van der Waals surface area contributed by atoms with E-state index in [0.717, 1.165) is 43.2 Å². The average Bonchev–Trinajstić information content (AvgIpc) is 2.80. The van der Waals surface area contributed by atoms with Crippen molar-refractivity contribution in [2.24, 2.45) is 0 Å². The minimum absolute atomic E-state index is 0.160. The maximum Gasteiger partial charge on any atom is 0.255 e. The van der Waals surface area contributed by atoms with Gasteiger partial charge in [-0.1, -0.05) is 29.8 Å². The first-order valence-corrected chi connectivity index (χ1v) is 10.3. The van der Waals surface area contributed by atoms with Gasteiger partial charge >= 0.3 is 0 Å². The molecule has 6 heteroatoms. The maximum absolute atomic E-state index is 12.5. The Balaban J connectivity index is 1.32. The number of hydrogen-bond acceptors (Lipinski definition) is 4. The third kappa shape index (κ3) is 5.12. The second-order valence-corrected chi connectivity index (χ2v) is 7.41. The molecule has 0 saturated carbocycles. The molecule has 0 unspecified atom stereocenters. The molecule has 0 atom stereocenters. The number of morpholine rings is 1. The molecule has 4 rings (SSSR count). The number of amides is 1. The molecule has 1 fully saturated rings. The summed E-state index contributed by atoms with van der Waals surface area (Å²) in [6, 6.07) is 22.5. The van der Waals surface area contributed by atoms with Gasteiger partial charge in [0.15, 0.2) is 0 Å². The minimum atomic E-state index is -0.160. The number of ether oxygens (including phenoxy) is 2. The summed E-state index contributed by atoms with van der Waals surface area (Å²) in [5.74, 6) is 0.521. The van der Waals surface area contributed by atoms with Gasteiger partial charge in [0.05, 0.1) is 13.2 Å². The predicted octanol–water partition coefficient (Wildman–Crippen LogP) is 5.01.